The molecular formula is C16H14BrNO3. The van der Waals surface area contributed by atoms with E-state index in [2.05, 4.69) is 21.2 Å². The van der Waals surface area contributed by atoms with Crippen LogP contribution in [0, 0.1) is 6.92 Å². The number of carboxylic acids is 1. The molecule has 21 heavy (non-hydrogen) atoms. The molecule has 2 rings (SSSR count). The summed E-state index contributed by atoms with van der Waals surface area (Å²) in [4.78, 5) is 23.1. The molecule has 1 amide bonds. The number of hydrogen-bond acceptors (Lipinski definition) is 2. The topological polar surface area (TPSA) is 66.4 Å². The van der Waals surface area contributed by atoms with Crippen molar-refractivity contribution in [2.24, 2.45) is 0 Å². The lowest BCUT2D eigenvalue weighted by Gasteiger charge is -2.10. The number of carbonyl (C=O) groups is 2. The average Bonchev–Trinajstić information content (AvgIpc) is 2.43. The van der Waals surface area contributed by atoms with Crippen LogP contribution in [-0.4, -0.2) is 17.0 Å². The van der Waals surface area contributed by atoms with Crippen molar-refractivity contribution in [3.05, 3.63) is 63.6 Å². The van der Waals surface area contributed by atoms with E-state index in [0.29, 0.717) is 16.8 Å². The maximum Gasteiger partial charge on any atom is 0.307 e. The van der Waals surface area contributed by atoms with Crippen LogP contribution in [0.25, 0.3) is 0 Å². The zero-order valence-electron chi connectivity index (χ0n) is 11.4. The van der Waals surface area contributed by atoms with Crippen molar-refractivity contribution >= 4 is 33.5 Å². The molecule has 0 unspecified atom stereocenters. The monoisotopic (exact) mass is 347 g/mol. The second kappa shape index (κ2) is 6.54. The van der Waals surface area contributed by atoms with Gasteiger partial charge in [-0.05, 0) is 42.3 Å². The maximum atomic E-state index is 12.2. The first-order valence-electron chi connectivity index (χ1n) is 6.34. The molecule has 0 aromatic heterocycles. The van der Waals surface area contributed by atoms with Crippen LogP contribution in [0.15, 0.2) is 46.9 Å². The number of carboxylic acid groups (broad SMARTS) is 1. The summed E-state index contributed by atoms with van der Waals surface area (Å²) in [5.74, 6) is -1.19. The largest absolute Gasteiger partial charge is 0.481 e. The molecule has 2 N–H and O–H groups in total. The maximum absolute atomic E-state index is 12.2. The molecule has 0 saturated heterocycles. The third-order valence-corrected chi connectivity index (χ3v) is 3.92. The van der Waals surface area contributed by atoms with Crippen LogP contribution < -0.4 is 5.32 Å². The minimum atomic E-state index is -0.934. The lowest BCUT2D eigenvalue weighted by atomic mass is 10.1. The first kappa shape index (κ1) is 15.3. The van der Waals surface area contributed by atoms with Gasteiger partial charge in [0.05, 0.1) is 6.42 Å². The van der Waals surface area contributed by atoms with Gasteiger partial charge in [0.1, 0.15) is 0 Å². The Hall–Kier alpha value is -2.14. The van der Waals surface area contributed by atoms with Crippen LogP contribution in [0.4, 0.5) is 5.69 Å². The quantitative estimate of drug-likeness (QED) is 0.887. The molecule has 2 aromatic carbocycles. The van der Waals surface area contributed by atoms with Crippen molar-refractivity contribution in [2.75, 3.05) is 5.32 Å². The highest BCUT2D eigenvalue weighted by atomic mass is 79.9. The highest BCUT2D eigenvalue weighted by Crippen LogP contribution is 2.20. The summed E-state index contributed by atoms with van der Waals surface area (Å²) in [6, 6.07) is 12.2. The predicted molar refractivity (Wildman–Crippen MR) is 84.6 cm³/mol. The Balaban J connectivity index is 2.23. The summed E-state index contributed by atoms with van der Waals surface area (Å²) in [7, 11) is 0. The Morgan fingerprint density at radius 1 is 1.19 bits per heavy atom. The van der Waals surface area contributed by atoms with E-state index in [1.807, 2.05) is 13.0 Å². The number of aliphatic carboxylic acids is 1. The van der Waals surface area contributed by atoms with Gasteiger partial charge in [-0.25, -0.2) is 0 Å². The first-order chi connectivity index (χ1) is 9.97. The number of para-hydroxylation sites is 1. The van der Waals surface area contributed by atoms with Crippen molar-refractivity contribution in [2.45, 2.75) is 13.3 Å². The molecule has 0 saturated carbocycles. The fourth-order valence-corrected chi connectivity index (χ4v) is 2.19. The first-order valence-corrected chi connectivity index (χ1v) is 7.14. The van der Waals surface area contributed by atoms with Gasteiger partial charge in [0, 0.05) is 15.7 Å². The number of benzene rings is 2. The third kappa shape index (κ3) is 3.92. The zero-order valence-corrected chi connectivity index (χ0v) is 13.0. The number of rotatable bonds is 4. The molecular weight excluding hydrogens is 334 g/mol. The van der Waals surface area contributed by atoms with Gasteiger partial charge in [0.25, 0.3) is 5.91 Å². The molecule has 108 valence electrons. The predicted octanol–water partition coefficient (Wildman–Crippen LogP) is 3.64. The number of anilines is 1. The van der Waals surface area contributed by atoms with Gasteiger partial charge in [0.15, 0.2) is 0 Å². The summed E-state index contributed by atoms with van der Waals surface area (Å²) < 4.78 is 0.935. The van der Waals surface area contributed by atoms with Crippen LogP contribution >= 0.6 is 15.9 Å². The lowest BCUT2D eigenvalue weighted by Crippen LogP contribution is -2.14. The molecule has 0 aliphatic rings. The van der Waals surface area contributed by atoms with Crippen molar-refractivity contribution in [3.63, 3.8) is 0 Å². The SMILES string of the molecule is Cc1cc(C(=O)Nc2ccccc2CC(=O)O)ccc1Br. The molecule has 5 heteroatoms. The van der Waals surface area contributed by atoms with Gasteiger partial charge < -0.3 is 10.4 Å². The van der Waals surface area contributed by atoms with E-state index in [4.69, 9.17) is 5.11 Å². The number of nitrogens with one attached hydrogen (secondary N) is 1. The van der Waals surface area contributed by atoms with Crippen LogP contribution in [0.1, 0.15) is 21.5 Å². The van der Waals surface area contributed by atoms with E-state index < -0.39 is 5.97 Å². The number of amides is 1. The molecule has 2 aromatic rings. The Labute approximate surface area is 130 Å². The van der Waals surface area contributed by atoms with E-state index >= 15 is 0 Å². The summed E-state index contributed by atoms with van der Waals surface area (Å²) in [5, 5.41) is 11.7. The Bertz CT molecular complexity index is 698. The van der Waals surface area contributed by atoms with E-state index in [9.17, 15) is 9.59 Å². The molecule has 0 bridgehead atoms. The summed E-state index contributed by atoms with van der Waals surface area (Å²) >= 11 is 3.39. The fourth-order valence-electron chi connectivity index (χ4n) is 1.94. The third-order valence-electron chi connectivity index (χ3n) is 3.03. The lowest BCUT2D eigenvalue weighted by molar-refractivity contribution is -0.136. The van der Waals surface area contributed by atoms with Crippen LogP contribution in [-0.2, 0) is 11.2 Å². The Kier molecular flexibility index (Phi) is 4.75. The van der Waals surface area contributed by atoms with Crippen molar-refractivity contribution in [1.29, 1.82) is 0 Å². The highest BCUT2D eigenvalue weighted by molar-refractivity contribution is 9.10. The van der Waals surface area contributed by atoms with Crippen LogP contribution in [0.3, 0.4) is 0 Å². The van der Waals surface area contributed by atoms with E-state index in [1.165, 1.54) is 0 Å². The number of carbonyl (C=O) groups excluding carboxylic acids is 1. The van der Waals surface area contributed by atoms with E-state index in [-0.39, 0.29) is 12.3 Å². The highest BCUT2D eigenvalue weighted by Gasteiger charge is 2.11. The minimum Gasteiger partial charge on any atom is -0.481 e. The molecule has 0 aliphatic heterocycles. The summed E-state index contributed by atoms with van der Waals surface area (Å²) in [6.45, 7) is 1.90. The normalized spacial score (nSPS) is 10.2. The molecule has 0 radical (unpaired) electrons. The second-order valence-corrected chi connectivity index (χ2v) is 5.50. The standard InChI is InChI=1S/C16H14BrNO3/c1-10-8-12(6-7-13(10)17)16(21)18-14-5-3-2-4-11(14)9-15(19)20/h2-8H,9H2,1H3,(H,18,21)(H,19,20). The summed E-state index contributed by atoms with van der Waals surface area (Å²) in [6.07, 6.45) is -0.129. The minimum absolute atomic E-state index is 0.129. The fraction of sp³-hybridized carbons (Fsp3) is 0.125. The van der Waals surface area contributed by atoms with Gasteiger partial charge in [0.2, 0.25) is 0 Å². The van der Waals surface area contributed by atoms with Crippen molar-refractivity contribution in [1.82, 2.24) is 0 Å². The van der Waals surface area contributed by atoms with Gasteiger partial charge in [-0.1, -0.05) is 34.1 Å². The van der Waals surface area contributed by atoms with E-state index in [0.717, 1.165) is 10.0 Å². The van der Waals surface area contributed by atoms with Gasteiger partial charge in [-0.3, -0.25) is 9.59 Å². The Morgan fingerprint density at radius 3 is 2.57 bits per heavy atom. The number of aryl methyl sites for hydroxylation is 1. The number of hydrogen-bond donors (Lipinski definition) is 2. The molecule has 0 spiro atoms. The smallest absolute Gasteiger partial charge is 0.307 e. The number of halogens is 1. The Morgan fingerprint density at radius 2 is 1.90 bits per heavy atom. The van der Waals surface area contributed by atoms with Gasteiger partial charge in [-0.2, -0.15) is 0 Å². The van der Waals surface area contributed by atoms with Crippen molar-refractivity contribution < 1.29 is 14.7 Å². The van der Waals surface area contributed by atoms with Crippen molar-refractivity contribution in [3.8, 4) is 0 Å². The summed E-state index contributed by atoms with van der Waals surface area (Å²) in [5.41, 5.74) is 2.58. The molecule has 0 fully saturated rings. The molecule has 0 heterocycles. The van der Waals surface area contributed by atoms with Crippen LogP contribution in [0.2, 0.25) is 0 Å². The van der Waals surface area contributed by atoms with Gasteiger partial charge in [-0.15, -0.1) is 0 Å². The van der Waals surface area contributed by atoms with Gasteiger partial charge >= 0.3 is 5.97 Å². The molecule has 0 atom stereocenters. The molecule has 4 nitrogen and oxygen atoms in total. The average molecular weight is 348 g/mol. The molecule has 0 aliphatic carbocycles. The van der Waals surface area contributed by atoms with E-state index in [1.54, 1.807) is 36.4 Å². The van der Waals surface area contributed by atoms with Crippen LogP contribution in [0.5, 0.6) is 0 Å². The second-order valence-electron chi connectivity index (χ2n) is 4.65. The zero-order chi connectivity index (χ0) is 15.4.